The van der Waals surface area contributed by atoms with E-state index in [1.54, 1.807) is 6.07 Å². The van der Waals surface area contributed by atoms with Gasteiger partial charge in [0.05, 0.1) is 5.56 Å². The van der Waals surface area contributed by atoms with Crippen LogP contribution in [0.15, 0.2) is 42.6 Å². The predicted molar refractivity (Wildman–Crippen MR) is 77.5 cm³/mol. The van der Waals surface area contributed by atoms with E-state index in [-0.39, 0.29) is 6.61 Å². The Kier molecular flexibility index (Phi) is 4.54. The highest BCUT2D eigenvalue weighted by Gasteiger charge is 2.12. The molecule has 0 N–H and O–H groups in total. The van der Waals surface area contributed by atoms with Crippen LogP contribution in [0.4, 0.5) is 0 Å². The van der Waals surface area contributed by atoms with Crippen molar-refractivity contribution in [2.45, 2.75) is 6.61 Å². The van der Waals surface area contributed by atoms with Crippen LogP contribution in [-0.4, -0.2) is 11.0 Å². The summed E-state index contributed by atoms with van der Waals surface area (Å²) < 4.78 is 5.94. The smallest absolute Gasteiger partial charge is 0.341 e. The maximum Gasteiger partial charge on any atom is 0.341 e. The highest BCUT2D eigenvalue weighted by Crippen LogP contribution is 2.16. The number of hydrogen-bond acceptors (Lipinski definition) is 3. The summed E-state index contributed by atoms with van der Waals surface area (Å²) in [6.07, 6.45) is 1.43. The van der Waals surface area contributed by atoms with E-state index >= 15 is 0 Å². The predicted octanol–water partition coefficient (Wildman–Crippen LogP) is 3.70. The van der Waals surface area contributed by atoms with Crippen LogP contribution in [0.1, 0.15) is 15.9 Å². The quantitative estimate of drug-likeness (QED) is 0.468. The van der Waals surface area contributed by atoms with Crippen molar-refractivity contribution in [1.82, 2.24) is 4.98 Å². The molecule has 92 valence electrons. The summed E-state index contributed by atoms with van der Waals surface area (Å²) in [6, 6.07) is 11.1. The van der Waals surface area contributed by atoms with Crippen LogP contribution in [0, 0.1) is 3.57 Å². The molecule has 18 heavy (non-hydrogen) atoms. The summed E-state index contributed by atoms with van der Waals surface area (Å²) in [5.41, 5.74) is 1.37. The summed E-state index contributed by atoms with van der Waals surface area (Å²) in [5.74, 6) is -0.396. The normalized spacial score (nSPS) is 10.1. The monoisotopic (exact) mass is 373 g/mol. The van der Waals surface area contributed by atoms with Crippen molar-refractivity contribution < 1.29 is 9.53 Å². The highest BCUT2D eigenvalue weighted by molar-refractivity contribution is 14.1. The van der Waals surface area contributed by atoms with E-state index in [9.17, 15) is 4.79 Å². The zero-order valence-corrected chi connectivity index (χ0v) is 12.2. The molecule has 1 aromatic carbocycles. The zero-order valence-electron chi connectivity index (χ0n) is 9.27. The van der Waals surface area contributed by atoms with Crippen molar-refractivity contribution in [3.63, 3.8) is 0 Å². The number of halogens is 2. The van der Waals surface area contributed by atoms with Crippen LogP contribution in [-0.2, 0) is 11.3 Å². The fourth-order valence-corrected chi connectivity index (χ4v) is 2.35. The molecule has 1 heterocycles. The Morgan fingerprint density at radius 2 is 2.06 bits per heavy atom. The number of carbonyl (C=O) groups is 1. The van der Waals surface area contributed by atoms with E-state index in [1.165, 1.54) is 6.20 Å². The molecule has 0 bridgehead atoms. The first-order valence-corrected chi connectivity index (χ1v) is 6.64. The topological polar surface area (TPSA) is 39.2 Å². The number of ether oxygens (including phenoxy) is 1. The first kappa shape index (κ1) is 13.3. The van der Waals surface area contributed by atoms with Crippen LogP contribution in [0.2, 0.25) is 5.15 Å². The summed E-state index contributed by atoms with van der Waals surface area (Å²) in [4.78, 5) is 15.7. The fourth-order valence-electron chi connectivity index (χ4n) is 1.36. The zero-order chi connectivity index (χ0) is 13.0. The lowest BCUT2D eigenvalue weighted by molar-refractivity contribution is 0.0471. The van der Waals surface area contributed by atoms with Crippen LogP contribution >= 0.6 is 34.2 Å². The third kappa shape index (κ3) is 3.43. The molecule has 0 atom stereocenters. The number of esters is 1. The van der Waals surface area contributed by atoms with Crippen molar-refractivity contribution in [3.8, 4) is 0 Å². The summed E-state index contributed by atoms with van der Waals surface area (Å²) >= 11 is 7.76. The minimum absolute atomic E-state index is 0.248. The minimum atomic E-state index is -0.396. The second kappa shape index (κ2) is 6.15. The molecule has 0 spiro atoms. The molecule has 0 aliphatic rings. The van der Waals surface area contributed by atoms with Crippen molar-refractivity contribution >= 4 is 40.2 Å². The Labute approximate surface area is 123 Å². The van der Waals surface area contributed by atoms with Crippen LogP contribution in [0.3, 0.4) is 0 Å². The molecule has 0 fully saturated rings. The molecule has 0 unspecified atom stereocenters. The number of carbonyl (C=O) groups excluding carboxylic acids is 1. The van der Waals surface area contributed by atoms with Crippen molar-refractivity contribution in [2.24, 2.45) is 0 Å². The maximum atomic E-state index is 11.8. The summed E-state index contributed by atoms with van der Waals surface area (Å²) in [6.45, 7) is 0.248. The van der Waals surface area contributed by atoms with Gasteiger partial charge in [-0.05, 0) is 34.2 Å². The lowest BCUT2D eigenvalue weighted by atomic mass is 10.2. The van der Waals surface area contributed by atoms with Crippen molar-refractivity contribution in [2.75, 3.05) is 0 Å². The molecule has 2 aromatic rings. The third-order valence-electron chi connectivity index (χ3n) is 2.25. The lowest BCUT2D eigenvalue weighted by Gasteiger charge is -2.06. The minimum Gasteiger partial charge on any atom is -0.457 e. The number of rotatable bonds is 3. The van der Waals surface area contributed by atoms with E-state index in [0.29, 0.717) is 10.7 Å². The van der Waals surface area contributed by atoms with E-state index < -0.39 is 5.97 Å². The van der Waals surface area contributed by atoms with Gasteiger partial charge in [0.1, 0.15) is 11.8 Å². The largest absolute Gasteiger partial charge is 0.457 e. The van der Waals surface area contributed by atoms with Gasteiger partial charge in [0.2, 0.25) is 0 Å². The van der Waals surface area contributed by atoms with Gasteiger partial charge < -0.3 is 4.74 Å². The average molecular weight is 374 g/mol. The van der Waals surface area contributed by atoms with Crippen LogP contribution < -0.4 is 0 Å². The standard InChI is InChI=1S/C13H9ClINO2/c14-12-6-11(15)10(7-16-12)13(17)18-8-9-4-2-1-3-5-9/h1-7H,8H2. The summed E-state index contributed by atoms with van der Waals surface area (Å²) in [5, 5.41) is 0.360. The highest BCUT2D eigenvalue weighted by atomic mass is 127. The number of pyridine rings is 1. The fraction of sp³-hybridized carbons (Fsp3) is 0.0769. The number of nitrogens with zero attached hydrogens (tertiary/aromatic N) is 1. The van der Waals surface area contributed by atoms with Crippen molar-refractivity contribution in [3.05, 3.63) is 62.4 Å². The molecule has 0 amide bonds. The molecule has 2 rings (SSSR count). The SMILES string of the molecule is O=C(OCc1ccccc1)c1cnc(Cl)cc1I. The second-order valence-corrected chi connectivity index (χ2v) is 5.10. The Bertz CT molecular complexity index is 560. The molecule has 0 saturated carbocycles. The number of hydrogen-bond donors (Lipinski definition) is 0. The maximum absolute atomic E-state index is 11.8. The Morgan fingerprint density at radius 3 is 2.72 bits per heavy atom. The van der Waals surface area contributed by atoms with Gasteiger partial charge in [0, 0.05) is 9.77 Å². The van der Waals surface area contributed by atoms with Gasteiger partial charge in [-0.3, -0.25) is 0 Å². The molecule has 0 aliphatic heterocycles. The first-order chi connectivity index (χ1) is 8.66. The molecular formula is C13H9ClINO2. The van der Waals surface area contributed by atoms with Crippen LogP contribution in [0.5, 0.6) is 0 Å². The van der Waals surface area contributed by atoms with Gasteiger partial charge in [-0.25, -0.2) is 9.78 Å². The van der Waals surface area contributed by atoms with Gasteiger partial charge in [0.15, 0.2) is 0 Å². The van der Waals surface area contributed by atoms with Gasteiger partial charge >= 0.3 is 5.97 Å². The molecule has 0 aliphatic carbocycles. The Morgan fingerprint density at radius 1 is 1.33 bits per heavy atom. The van der Waals surface area contributed by atoms with Gasteiger partial charge in [-0.2, -0.15) is 0 Å². The lowest BCUT2D eigenvalue weighted by Crippen LogP contribution is -2.07. The molecule has 5 heteroatoms. The van der Waals surface area contributed by atoms with E-state index in [1.807, 2.05) is 52.9 Å². The van der Waals surface area contributed by atoms with E-state index in [0.717, 1.165) is 9.13 Å². The third-order valence-corrected chi connectivity index (χ3v) is 3.35. The van der Waals surface area contributed by atoms with E-state index in [4.69, 9.17) is 16.3 Å². The Balaban J connectivity index is 2.04. The van der Waals surface area contributed by atoms with Crippen LogP contribution in [0.25, 0.3) is 0 Å². The molecule has 3 nitrogen and oxygen atoms in total. The molecule has 1 aromatic heterocycles. The molecule has 0 radical (unpaired) electrons. The van der Waals surface area contributed by atoms with Gasteiger partial charge in [0.25, 0.3) is 0 Å². The molecular weight excluding hydrogens is 365 g/mol. The van der Waals surface area contributed by atoms with Gasteiger partial charge in [-0.1, -0.05) is 41.9 Å². The summed E-state index contributed by atoms with van der Waals surface area (Å²) in [7, 11) is 0. The Hall–Kier alpha value is -1.14. The molecule has 0 saturated heterocycles. The average Bonchev–Trinajstić information content (AvgIpc) is 2.37. The van der Waals surface area contributed by atoms with Crippen molar-refractivity contribution in [1.29, 1.82) is 0 Å². The van der Waals surface area contributed by atoms with E-state index in [2.05, 4.69) is 4.98 Å². The number of aromatic nitrogens is 1. The number of benzene rings is 1. The van der Waals surface area contributed by atoms with Gasteiger partial charge in [-0.15, -0.1) is 0 Å². The first-order valence-electron chi connectivity index (χ1n) is 5.19. The second-order valence-electron chi connectivity index (χ2n) is 3.55.